The SMILES string of the molecule is NCCCCCNc1nc2c(N)ncnc2n1[C@@H]1O[C@@H]2COP(=O)(O)O[C@H]2[C@H]1O. The molecule has 0 spiro atoms. The van der Waals surface area contributed by atoms with Gasteiger partial charge in [-0.25, -0.2) is 19.5 Å². The van der Waals surface area contributed by atoms with Crippen LogP contribution < -0.4 is 16.8 Å². The predicted octanol–water partition coefficient (Wildman–Crippen LogP) is -0.276. The number of aromatic nitrogens is 4. The van der Waals surface area contributed by atoms with Crippen LogP contribution in [0.4, 0.5) is 11.8 Å². The second kappa shape index (κ2) is 8.11. The highest BCUT2D eigenvalue weighted by atomic mass is 31.2. The highest BCUT2D eigenvalue weighted by Gasteiger charge is 2.53. The van der Waals surface area contributed by atoms with Crippen molar-refractivity contribution in [3.63, 3.8) is 0 Å². The van der Waals surface area contributed by atoms with Crippen LogP contribution in [0.5, 0.6) is 0 Å². The van der Waals surface area contributed by atoms with Gasteiger partial charge in [-0.3, -0.25) is 13.6 Å². The molecular weight excluding hydrogens is 405 g/mol. The standard InChI is InChI=1S/C15H24N7O6P/c16-4-2-1-3-5-18-15-21-9-12(17)19-7-20-13(9)22(15)14-10(23)11-8(27-14)6-26-29(24,25)28-11/h7-8,10-11,14,23H,1-6,16H2,(H,18,21)(H,24,25)(H2,17,19,20)/t8-,10-,11-,14-/m1/s1. The van der Waals surface area contributed by atoms with E-state index in [2.05, 4.69) is 20.3 Å². The first-order chi connectivity index (χ1) is 13.9. The maximum atomic E-state index is 11.7. The molecule has 0 saturated carbocycles. The van der Waals surface area contributed by atoms with E-state index in [1.54, 1.807) is 4.57 Å². The second-order valence-electron chi connectivity index (χ2n) is 6.90. The lowest BCUT2D eigenvalue weighted by molar-refractivity contribution is -0.0659. The van der Waals surface area contributed by atoms with E-state index < -0.39 is 32.4 Å². The Labute approximate surface area is 166 Å². The Kier molecular flexibility index (Phi) is 5.71. The van der Waals surface area contributed by atoms with Gasteiger partial charge in [-0.2, -0.15) is 0 Å². The second-order valence-corrected chi connectivity index (χ2v) is 8.31. The molecule has 0 radical (unpaired) electrons. The fourth-order valence-electron chi connectivity index (χ4n) is 3.49. The van der Waals surface area contributed by atoms with E-state index in [1.807, 2.05) is 0 Å². The fraction of sp³-hybridized carbons (Fsp3) is 0.667. The minimum Gasteiger partial charge on any atom is -0.386 e. The van der Waals surface area contributed by atoms with Gasteiger partial charge in [-0.1, -0.05) is 6.42 Å². The number of ether oxygens (including phenoxy) is 1. The Morgan fingerprint density at radius 1 is 1.34 bits per heavy atom. The molecule has 29 heavy (non-hydrogen) atoms. The maximum Gasteiger partial charge on any atom is 0.472 e. The van der Waals surface area contributed by atoms with Crippen LogP contribution in [0.2, 0.25) is 0 Å². The number of rotatable bonds is 7. The van der Waals surface area contributed by atoms with Crippen molar-refractivity contribution in [3.8, 4) is 0 Å². The molecule has 2 aromatic rings. The number of hydrogen-bond donors (Lipinski definition) is 5. The van der Waals surface area contributed by atoms with Crippen LogP contribution >= 0.6 is 7.82 Å². The molecule has 2 aromatic heterocycles. The number of fused-ring (bicyclic) bond motifs is 2. The van der Waals surface area contributed by atoms with Gasteiger partial charge in [0.2, 0.25) is 5.95 Å². The third kappa shape index (κ3) is 3.94. The number of imidazole rings is 1. The number of nitrogens with two attached hydrogens (primary N) is 2. The third-order valence-electron chi connectivity index (χ3n) is 4.89. The fourth-order valence-corrected chi connectivity index (χ4v) is 4.45. The number of aliphatic hydroxyl groups is 1. The molecule has 7 N–H and O–H groups in total. The molecule has 2 aliphatic rings. The number of anilines is 2. The van der Waals surface area contributed by atoms with Crippen LogP contribution in [0.1, 0.15) is 25.5 Å². The van der Waals surface area contributed by atoms with E-state index in [4.69, 9.17) is 25.3 Å². The largest absolute Gasteiger partial charge is 0.472 e. The molecule has 0 aromatic carbocycles. The summed E-state index contributed by atoms with van der Waals surface area (Å²) in [4.78, 5) is 22.2. The van der Waals surface area contributed by atoms with Crippen molar-refractivity contribution in [1.29, 1.82) is 0 Å². The van der Waals surface area contributed by atoms with E-state index >= 15 is 0 Å². The van der Waals surface area contributed by atoms with Crippen molar-refractivity contribution < 1.29 is 28.3 Å². The molecule has 160 valence electrons. The molecule has 14 heteroatoms. The summed E-state index contributed by atoms with van der Waals surface area (Å²) in [6.45, 7) is 1.06. The van der Waals surface area contributed by atoms with Crippen molar-refractivity contribution in [2.45, 2.75) is 43.8 Å². The number of nitrogens with one attached hydrogen (secondary N) is 1. The first kappa shape index (κ1) is 20.4. The molecule has 1 unspecified atom stereocenters. The van der Waals surface area contributed by atoms with Crippen LogP contribution in [-0.2, 0) is 18.3 Å². The maximum absolute atomic E-state index is 11.7. The third-order valence-corrected chi connectivity index (χ3v) is 5.88. The van der Waals surface area contributed by atoms with E-state index in [9.17, 15) is 14.6 Å². The van der Waals surface area contributed by atoms with Gasteiger partial charge < -0.3 is 31.5 Å². The number of phosphoric ester groups is 1. The number of unbranched alkanes of at least 4 members (excludes halogenated alkanes) is 2. The normalized spacial score (nSPS) is 31.8. The summed E-state index contributed by atoms with van der Waals surface area (Å²) >= 11 is 0. The Morgan fingerprint density at radius 2 is 2.17 bits per heavy atom. The molecule has 2 saturated heterocycles. The van der Waals surface area contributed by atoms with Crippen molar-refractivity contribution in [2.24, 2.45) is 5.73 Å². The van der Waals surface area contributed by atoms with Gasteiger partial charge in [-0.05, 0) is 19.4 Å². The van der Waals surface area contributed by atoms with E-state index in [-0.39, 0.29) is 12.4 Å². The van der Waals surface area contributed by atoms with Crippen LogP contribution in [0.15, 0.2) is 6.33 Å². The lowest BCUT2D eigenvalue weighted by atomic mass is 10.1. The highest BCUT2D eigenvalue weighted by Crippen LogP contribution is 2.52. The molecule has 2 fully saturated rings. The molecule has 0 amide bonds. The van der Waals surface area contributed by atoms with Gasteiger partial charge >= 0.3 is 7.82 Å². The number of phosphoric acid groups is 1. The summed E-state index contributed by atoms with van der Waals surface area (Å²) in [6, 6.07) is 0. The van der Waals surface area contributed by atoms with Crippen molar-refractivity contribution in [2.75, 3.05) is 30.7 Å². The molecule has 5 atom stereocenters. The zero-order chi connectivity index (χ0) is 20.6. The van der Waals surface area contributed by atoms with Gasteiger partial charge in [0.05, 0.1) is 6.61 Å². The van der Waals surface area contributed by atoms with Crippen LogP contribution in [0, 0.1) is 0 Å². The topological polar surface area (TPSA) is 193 Å². The molecular formula is C15H24N7O6P. The Bertz CT molecular complexity index is 926. The highest BCUT2D eigenvalue weighted by molar-refractivity contribution is 7.47. The first-order valence-corrected chi connectivity index (χ1v) is 10.8. The number of nitrogen functional groups attached to an aromatic ring is 1. The van der Waals surface area contributed by atoms with Crippen molar-refractivity contribution in [1.82, 2.24) is 19.5 Å². The number of nitrogens with zero attached hydrogens (tertiary/aromatic N) is 4. The number of hydrogen-bond acceptors (Lipinski definition) is 11. The minimum absolute atomic E-state index is 0.183. The smallest absolute Gasteiger partial charge is 0.386 e. The Balaban J connectivity index is 1.64. The quantitative estimate of drug-likeness (QED) is 0.286. The van der Waals surface area contributed by atoms with Gasteiger partial charge in [0.15, 0.2) is 23.2 Å². The summed E-state index contributed by atoms with van der Waals surface area (Å²) in [5.41, 5.74) is 12.2. The van der Waals surface area contributed by atoms with Crippen LogP contribution in [0.3, 0.4) is 0 Å². The monoisotopic (exact) mass is 429 g/mol. The van der Waals surface area contributed by atoms with Crippen molar-refractivity contribution in [3.05, 3.63) is 6.33 Å². The van der Waals surface area contributed by atoms with Gasteiger partial charge in [0, 0.05) is 6.54 Å². The molecule has 0 aliphatic carbocycles. The lowest BCUT2D eigenvalue weighted by Gasteiger charge is -2.27. The van der Waals surface area contributed by atoms with Crippen LogP contribution in [-0.4, -0.2) is 67.5 Å². The molecule has 4 heterocycles. The van der Waals surface area contributed by atoms with E-state index in [1.165, 1.54) is 6.33 Å². The summed E-state index contributed by atoms with van der Waals surface area (Å²) in [7, 11) is -4.23. The minimum atomic E-state index is -4.23. The molecule has 13 nitrogen and oxygen atoms in total. The zero-order valence-corrected chi connectivity index (χ0v) is 16.4. The first-order valence-electron chi connectivity index (χ1n) is 9.33. The summed E-state index contributed by atoms with van der Waals surface area (Å²) in [6.07, 6.45) is 0.0470. The molecule has 0 bridgehead atoms. The Morgan fingerprint density at radius 3 is 2.97 bits per heavy atom. The summed E-state index contributed by atoms with van der Waals surface area (Å²) in [5.74, 6) is 0.569. The van der Waals surface area contributed by atoms with E-state index in [0.717, 1.165) is 19.3 Å². The average Bonchev–Trinajstić information content (AvgIpc) is 3.19. The predicted molar refractivity (Wildman–Crippen MR) is 102 cm³/mol. The lowest BCUT2D eigenvalue weighted by Crippen LogP contribution is -2.39. The Hall–Kier alpha value is -1.86. The van der Waals surface area contributed by atoms with Gasteiger partial charge in [0.1, 0.15) is 24.6 Å². The molecule has 2 aliphatic heterocycles. The van der Waals surface area contributed by atoms with Crippen LogP contribution in [0.25, 0.3) is 11.2 Å². The zero-order valence-electron chi connectivity index (χ0n) is 15.5. The van der Waals surface area contributed by atoms with E-state index in [0.29, 0.717) is 30.2 Å². The van der Waals surface area contributed by atoms with Crippen molar-refractivity contribution >= 4 is 30.8 Å². The van der Waals surface area contributed by atoms with Gasteiger partial charge in [0.25, 0.3) is 0 Å². The summed E-state index contributed by atoms with van der Waals surface area (Å²) < 4.78 is 29.0. The summed E-state index contributed by atoms with van der Waals surface area (Å²) in [5, 5.41) is 14.0. The number of aliphatic hydroxyl groups excluding tert-OH is 1. The van der Waals surface area contributed by atoms with Gasteiger partial charge in [-0.15, -0.1) is 0 Å². The molecule has 4 rings (SSSR count). The average molecular weight is 429 g/mol.